The SMILES string of the molecule is C=CCOc1ccc([C@H]2C(C(=O)OCC)=C(C)N=c3s/c(=C\c4ccc([N+](=O)[O-])cc4)c(=O)n32)cc1. The normalized spacial score (nSPS) is 15.2. The van der Waals surface area contributed by atoms with Crippen molar-refractivity contribution in [2.45, 2.75) is 19.9 Å². The maximum Gasteiger partial charge on any atom is 0.338 e. The molecule has 0 fully saturated rings. The Morgan fingerprint density at radius 1 is 1.22 bits per heavy atom. The summed E-state index contributed by atoms with van der Waals surface area (Å²) < 4.78 is 12.7. The molecule has 1 aliphatic rings. The van der Waals surface area contributed by atoms with E-state index in [0.29, 0.717) is 38.5 Å². The van der Waals surface area contributed by atoms with Crippen molar-refractivity contribution in [1.82, 2.24) is 4.57 Å². The summed E-state index contributed by atoms with van der Waals surface area (Å²) in [6.45, 7) is 7.60. The van der Waals surface area contributed by atoms with Gasteiger partial charge in [-0.3, -0.25) is 19.5 Å². The van der Waals surface area contributed by atoms with Gasteiger partial charge in [0.25, 0.3) is 11.2 Å². The fourth-order valence-electron chi connectivity index (χ4n) is 3.85. The van der Waals surface area contributed by atoms with Gasteiger partial charge in [-0.05, 0) is 55.3 Å². The molecule has 2 heterocycles. The lowest BCUT2D eigenvalue weighted by Crippen LogP contribution is -2.39. The maximum atomic E-state index is 13.6. The van der Waals surface area contributed by atoms with Gasteiger partial charge in [-0.15, -0.1) is 0 Å². The van der Waals surface area contributed by atoms with Crippen LogP contribution in [0.4, 0.5) is 5.69 Å². The molecule has 0 radical (unpaired) electrons. The Balaban J connectivity index is 1.85. The number of thiazole rings is 1. The minimum Gasteiger partial charge on any atom is -0.490 e. The highest BCUT2D eigenvalue weighted by Gasteiger charge is 2.33. The van der Waals surface area contributed by atoms with E-state index in [9.17, 15) is 19.7 Å². The predicted octanol–water partition coefficient (Wildman–Crippen LogP) is 3.27. The van der Waals surface area contributed by atoms with Crippen LogP contribution in [0.2, 0.25) is 0 Å². The van der Waals surface area contributed by atoms with Crippen LogP contribution in [0, 0.1) is 10.1 Å². The third kappa shape index (κ3) is 4.89. The Bertz CT molecular complexity index is 1530. The number of aromatic nitrogens is 1. The first-order valence-electron chi connectivity index (χ1n) is 11.1. The van der Waals surface area contributed by atoms with E-state index in [1.165, 1.54) is 28.0 Å². The summed E-state index contributed by atoms with van der Waals surface area (Å²) in [4.78, 5) is 42.0. The zero-order valence-corrected chi connectivity index (χ0v) is 20.5. The number of esters is 1. The molecule has 4 rings (SSSR count). The van der Waals surface area contributed by atoms with Crippen molar-refractivity contribution in [2.75, 3.05) is 13.2 Å². The number of nitrogens with zero attached hydrogens (tertiary/aromatic N) is 3. The molecule has 1 aliphatic heterocycles. The Kier molecular flexibility index (Phi) is 7.25. The Hall–Kier alpha value is -4.31. The minimum atomic E-state index is -0.743. The molecule has 10 heteroatoms. The number of ether oxygens (including phenoxy) is 2. The lowest BCUT2D eigenvalue weighted by atomic mass is 9.96. The number of rotatable bonds is 8. The number of carbonyl (C=O) groups is 1. The molecule has 0 N–H and O–H groups in total. The molecule has 3 aromatic rings. The molecule has 1 aromatic heterocycles. The minimum absolute atomic E-state index is 0.0381. The molecule has 0 amide bonds. The van der Waals surface area contributed by atoms with Crippen LogP contribution in [-0.2, 0) is 9.53 Å². The van der Waals surface area contributed by atoms with Gasteiger partial charge in [0.05, 0.1) is 33.4 Å². The molecule has 2 aromatic carbocycles. The van der Waals surface area contributed by atoms with E-state index in [1.807, 2.05) is 0 Å². The highest BCUT2D eigenvalue weighted by molar-refractivity contribution is 7.07. The number of allylic oxidation sites excluding steroid dienone is 1. The van der Waals surface area contributed by atoms with Gasteiger partial charge in [0.15, 0.2) is 4.80 Å². The molecule has 0 aliphatic carbocycles. The lowest BCUT2D eigenvalue weighted by Gasteiger charge is -2.24. The van der Waals surface area contributed by atoms with Crippen molar-refractivity contribution >= 4 is 29.1 Å². The lowest BCUT2D eigenvalue weighted by molar-refractivity contribution is -0.384. The molecule has 0 saturated carbocycles. The number of fused-ring (bicyclic) bond motifs is 1. The van der Waals surface area contributed by atoms with Gasteiger partial charge in [0, 0.05) is 12.1 Å². The van der Waals surface area contributed by atoms with Crippen LogP contribution in [0.3, 0.4) is 0 Å². The summed E-state index contributed by atoms with van der Waals surface area (Å²) >= 11 is 1.18. The quantitative estimate of drug-likeness (QED) is 0.201. The molecule has 1 atom stereocenters. The van der Waals surface area contributed by atoms with Gasteiger partial charge in [0.1, 0.15) is 12.4 Å². The molecule has 184 valence electrons. The van der Waals surface area contributed by atoms with E-state index in [2.05, 4.69) is 11.6 Å². The monoisotopic (exact) mass is 505 g/mol. The van der Waals surface area contributed by atoms with Crippen LogP contribution in [0.1, 0.15) is 31.0 Å². The number of hydrogen-bond acceptors (Lipinski definition) is 8. The van der Waals surface area contributed by atoms with Crippen molar-refractivity contribution in [3.05, 3.63) is 113 Å². The zero-order valence-electron chi connectivity index (χ0n) is 19.7. The summed E-state index contributed by atoms with van der Waals surface area (Å²) in [6, 6.07) is 12.3. The van der Waals surface area contributed by atoms with E-state index in [1.54, 1.807) is 62.4 Å². The molecule has 0 unspecified atom stereocenters. The fraction of sp³-hybridized carbons (Fsp3) is 0.192. The highest BCUT2D eigenvalue weighted by atomic mass is 32.1. The third-order valence-electron chi connectivity index (χ3n) is 5.48. The molecule has 0 spiro atoms. The summed E-state index contributed by atoms with van der Waals surface area (Å²) in [5.41, 5.74) is 1.71. The Morgan fingerprint density at radius 2 is 1.92 bits per heavy atom. The van der Waals surface area contributed by atoms with Crippen LogP contribution < -0.4 is 19.6 Å². The van der Waals surface area contributed by atoms with Crippen LogP contribution in [0.25, 0.3) is 6.08 Å². The number of hydrogen-bond donors (Lipinski definition) is 0. The second-order valence-electron chi connectivity index (χ2n) is 7.82. The van der Waals surface area contributed by atoms with E-state index >= 15 is 0 Å². The van der Waals surface area contributed by atoms with E-state index in [0.717, 1.165) is 0 Å². The predicted molar refractivity (Wildman–Crippen MR) is 136 cm³/mol. The van der Waals surface area contributed by atoms with Crippen molar-refractivity contribution in [3.63, 3.8) is 0 Å². The number of nitro groups is 1. The van der Waals surface area contributed by atoms with Crippen molar-refractivity contribution in [2.24, 2.45) is 4.99 Å². The van der Waals surface area contributed by atoms with Gasteiger partial charge in [0.2, 0.25) is 0 Å². The maximum absolute atomic E-state index is 13.6. The van der Waals surface area contributed by atoms with Crippen LogP contribution in [-0.4, -0.2) is 28.7 Å². The average Bonchev–Trinajstić information content (AvgIpc) is 3.16. The fourth-order valence-corrected chi connectivity index (χ4v) is 4.90. The summed E-state index contributed by atoms with van der Waals surface area (Å²) in [6.07, 6.45) is 3.29. The van der Waals surface area contributed by atoms with Gasteiger partial charge in [-0.25, -0.2) is 9.79 Å². The van der Waals surface area contributed by atoms with E-state index in [4.69, 9.17) is 9.47 Å². The summed E-state index contributed by atoms with van der Waals surface area (Å²) in [5, 5.41) is 10.9. The standard InChI is InChI=1S/C26H23N3O6S/c1-4-14-35-20-12-8-18(9-13-20)23-22(25(31)34-5-2)16(3)27-26-28(23)24(30)21(36-26)15-17-6-10-19(11-7-17)29(32)33/h4,6-13,15,23H,1,5,14H2,2-3H3/b21-15-/t23-/m0/s1. The van der Waals surface area contributed by atoms with Gasteiger partial charge in [-0.1, -0.05) is 36.1 Å². The molecule has 0 bridgehead atoms. The van der Waals surface area contributed by atoms with Gasteiger partial charge < -0.3 is 9.47 Å². The van der Waals surface area contributed by atoms with Gasteiger partial charge in [-0.2, -0.15) is 0 Å². The van der Waals surface area contributed by atoms with Crippen LogP contribution in [0.15, 0.2) is 82.2 Å². The highest BCUT2D eigenvalue weighted by Crippen LogP contribution is 2.31. The summed E-state index contributed by atoms with van der Waals surface area (Å²) in [5.74, 6) is 0.0861. The Labute approximate surface area is 210 Å². The smallest absolute Gasteiger partial charge is 0.338 e. The number of benzene rings is 2. The van der Waals surface area contributed by atoms with Crippen LogP contribution in [0.5, 0.6) is 5.75 Å². The molecule has 9 nitrogen and oxygen atoms in total. The van der Waals surface area contributed by atoms with E-state index < -0.39 is 16.9 Å². The zero-order chi connectivity index (χ0) is 25.8. The van der Waals surface area contributed by atoms with Gasteiger partial charge >= 0.3 is 5.97 Å². The Morgan fingerprint density at radius 3 is 2.53 bits per heavy atom. The van der Waals surface area contributed by atoms with E-state index in [-0.39, 0.29) is 23.4 Å². The molecule has 0 saturated heterocycles. The first-order valence-corrected chi connectivity index (χ1v) is 11.9. The van der Waals surface area contributed by atoms with Crippen molar-refractivity contribution in [1.29, 1.82) is 0 Å². The third-order valence-corrected chi connectivity index (χ3v) is 6.47. The topological polar surface area (TPSA) is 113 Å². The number of non-ortho nitro benzene ring substituents is 1. The first-order chi connectivity index (χ1) is 17.3. The summed E-state index contributed by atoms with van der Waals surface area (Å²) in [7, 11) is 0. The molecular weight excluding hydrogens is 482 g/mol. The molecular formula is C26H23N3O6S. The first kappa shape index (κ1) is 24.8. The van der Waals surface area contributed by atoms with Crippen molar-refractivity contribution < 1.29 is 19.2 Å². The second kappa shape index (κ2) is 10.5. The van der Waals surface area contributed by atoms with Crippen LogP contribution >= 0.6 is 11.3 Å². The molecule has 36 heavy (non-hydrogen) atoms. The number of carbonyl (C=O) groups excluding carboxylic acids is 1. The average molecular weight is 506 g/mol. The largest absolute Gasteiger partial charge is 0.490 e. The number of nitro benzene ring substituents is 1. The van der Waals surface area contributed by atoms with Crippen molar-refractivity contribution in [3.8, 4) is 5.75 Å². The second-order valence-corrected chi connectivity index (χ2v) is 8.83.